The van der Waals surface area contributed by atoms with Gasteiger partial charge in [-0.1, -0.05) is 115 Å². The van der Waals surface area contributed by atoms with Gasteiger partial charge >= 0.3 is 0 Å². The summed E-state index contributed by atoms with van der Waals surface area (Å²) in [6, 6.07) is 26.9. The first-order chi connectivity index (χ1) is 21.5. The number of hydrogen-bond donors (Lipinski definition) is 1. The lowest BCUT2D eigenvalue weighted by Crippen LogP contribution is -2.56. The smallest absolute Gasteiger partial charge is 0.249 e. The van der Waals surface area contributed by atoms with Crippen molar-refractivity contribution in [2.75, 3.05) is 19.7 Å². The molecule has 7 rings (SSSR count). The average molecular weight is 590 g/mol. The summed E-state index contributed by atoms with van der Waals surface area (Å²) in [6.07, 6.45) is 6.87. The van der Waals surface area contributed by atoms with E-state index in [-0.39, 0.29) is 24.3 Å². The summed E-state index contributed by atoms with van der Waals surface area (Å²) in [6.45, 7) is 1.10. The first-order valence-electron chi connectivity index (χ1n) is 15.2. The van der Waals surface area contributed by atoms with Crippen molar-refractivity contribution < 1.29 is 24.2 Å². The van der Waals surface area contributed by atoms with Gasteiger partial charge in [0.05, 0.1) is 30.6 Å². The van der Waals surface area contributed by atoms with E-state index in [1.54, 1.807) is 9.80 Å². The predicted octanol–water partition coefficient (Wildman–Crippen LogP) is 3.50. The summed E-state index contributed by atoms with van der Waals surface area (Å²) >= 11 is 0. The minimum Gasteiger partial charge on any atom is -0.394 e. The van der Waals surface area contributed by atoms with Gasteiger partial charge < -0.3 is 24.5 Å². The minimum absolute atomic E-state index is 0.175. The number of carbonyl (C=O) groups excluding carboxylic acids is 3. The van der Waals surface area contributed by atoms with Crippen molar-refractivity contribution in [1.29, 1.82) is 0 Å². The molecule has 1 N–H and O–H groups in total. The maximum Gasteiger partial charge on any atom is 0.249 e. The Morgan fingerprint density at radius 2 is 1.32 bits per heavy atom. The van der Waals surface area contributed by atoms with Crippen LogP contribution in [0.2, 0.25) is 0 Å². The van der Waals surface area contributed by atoms with Crippen molar-refractivity contribution in [1.82, 2.24) is 14.7 Å². The highest BCUT2D eigenvalue weighted by Crippen LogP contribution is 2.55. The Kier molecular flexibility index (Phi) is 7.40. The molecular formula is C36H35N3O5. The fourth-order valence-electron chi connectivity index (χ4n) is 7.43. The molecule has 44 heavy (non-hydrogen) atoms. The molecule has 3 aromatic carbocycles. The Hall–Kier alpha value is -4.53. The summed E-state index contributed by atoms with van der Waals surface area (Å²) in [4.78, 5) is 48.8. The topological polar surface area (TPSA) is 90.4 Å². The largest absolute Gasteiger partial charge is 0.394 e. The van der Waals surface area contributed by atoms with Crippen molar-refractivity contribution in [3.8, 4) is 0 Å². The standard InChI is InChI=1S/C36H35N3O5/c40-24-28(27-16-8-3-9-17-27)39-32-35(43)38(23-26-14-6-2-7-15-26)21-11-19-36(32)31(34(39)42)30-29(44-36)18-10-20-37(33(30)41)22-25-12-4-1-5-13-25/h1-19,28-32,40H,20-24H2/t28-,29+,30-,31+,32?,36+/m1/s1. The lowest BCUT2D eigenvalue weighted by Gasteiger charge is -2.38. The van der Waals surface area contributed by atoms with Crippen LogP contribution in [-0.4, -0.2) is 75.0 Å². The summed E-state index contributed by atoms with van der Waals surface area (Å²) in [5.41, 5.74) is 1.30. The van der Waals surface area contributed by atoms with Crippen LogP contribution >= 0.6 is 0 Å². The van der Waals surface area contributed by atoms with Crippen molar-refractivity contribution in [3.63, 3.8) is 0 Å². The van der Waals surface area contributed by atoms with E-state index in [0.717, 1.165) is 11.1 Å². The van der Waals surface area contributed by atoms with Gasteiger partial charge in [0.25, 0.3) is 0 Å². The highest BCUT2D eigenvalue weighted by molar-refractivity contribution is 6.00. The Morgan fingerprint density at radius 1 is 0.750 bits per heavy atom. The number of nitrogens with zero attached hydrogens (tertiary/aromatic N) is 3. The first-order valence-corrected chi connectivity index (χ1v) is 15.2. The zero-order valence-corrected chi connectivity index (χ0v) is 24.3. The molecule has 224 valence electrons. The zero-order chi connectivity index (χ0) is 30.3. The molecule has 1 spiro atoms. The van der Waals surface area contributed by atoms with Crippen LogP contribution in [0.4, 0.5) is 0 Å². The van der Waals surface area contributed by atoms with Gasteiger partial charge in [0.15, 0.2) is 0 Å². The third-order valence-electron chi connectivity index (χ3n) is 9.39. The molecule has 8 heteroatoms. The van der Waals surface area contributed by atoms with Gasteiger partial charge in [0, 0.05) is 26.2 Å². The lowest BCUT2D eigenvalue weighted by molar-refractivity contribution is -0.151. The predicted molar refractivity (Wildman–Crippen MR) is 163 cm³/mol. The number of aliphatic hydroxyl groups excluding tert-OH is 1. The highest BCUT2D eigenvalue weighted by atomic mass is 16.5. The number of fused-ring (bicyclic) bond motifs is 2. The van der Waals surface area contributed by atoms with E-state index in [2.05, 4.69) is 0 Å². The van der Waals surface area contributed by atoms with Crippen LogP contribution in [0.5, 0.6) is 0 Å². The summed E-state index contributed by atoms with van der Waals surface area (Å²) < 4.78 is 6.80. The van der Waals surface area contributed by atoms with E-state index >= 15 is 0 Å². The molecule has 0 aromatic heterocycles. The van der Waals surface area contributed by atoms with Gasteiger partial charge in [-0.15, -0.1) is 0 Å². The van der Waals surface area contributed by atoms with Crippen LogP contribution in [-0.2, 0) is 32.2 Å². The van der Waals surface area contributed by atoms with Gasteiger partial charge in [-0.05, 0) is 16.7 Å². The molecule has 3 amide bonds. The summed E-state index contributed by atoms with van der Waals surface area (Å²) in [7, 11) is 0. The molecule has 2 fully saturated rings. The van der Waals surface area contributed by atoms with Crippen molar-refractivity contribution in [2.24, 2.45) is 11.8 Å². The van der Waals surface area contributed by atoms with Crippen molar-refractivity contribution in [3.05, 3.63) is 132 Å². The number of benzene rings is 3. The molecule has 0 saturated carbocycles. The monoisotopic (exact) mass is 589 g/mol. The SMILES string of the molecule is O=C1C2N([C@H](CO)c3ccccc3)C(=O)[C@@H]3[C@@H]4C(=O)N(Cc5ccccc5)CC=C[C@@H]4O[C@]23C=CCN1Cc1ccccc1. The molecular weight excluding hydrogens is 554 g/mol. The average Bonchev–Trinajstić information content (AvgIpc) is 3.38. The van der Waals surface area contributed by atoms with Crippen LogP contribution in [0, 0.1) is 11.8 Å². The van der Waals surface area contributed by atoms with E-state index < -0.39 is 35.6 Å². The third-order valence-corrected chi connectivity index (χ3v) is 9.39. The Bertz CT molecular complexity index is 1590. The number of ether oxygens (including phenoxy) is 1. The second-order valence-corrected chi connectivity index (χ2v) is 11.9. The molecule has 1 unspecified atom stereocenters. The van der Waals surface area contributed by atoms with Crippen LogP contribution in [0.1, 0.15) is 22.7 Å². The van der Waals surface area contributed by atoms with E-state index in [0.29, 0.717) is 31.7 Å². The molecule has 0 bridgehead atoms. The van der Waals surface area contributed by atoms with E-state index in [9.17, 15) is 19.5 Å². The van der Waals surface area contributed by atoms with Gasteiger partial charge in [-0.2, -0.15) is 0 Å². The zero-order valence-electron chi connectivity index (χ0n) is 24.3. The van der Waals surface area contributed by atoms with Crippen LogP contribution in [0.3, 0.4) is 0 Å². The molecule has 4 aliphatic rings. The number of carbonyl (C=O) groups is 3. The Morgan fingerprint density at radius 3 is 1.93 bits per heavy atom. The molecule has 6 atom stereocenters. The number of likely N-dealkylation sites (tertiary alicyclic amines) is 1. The van der Waals surface area contributed by atoms with E-state index in [1.165, 1.54) is 4.90 Å². The highest BCUT2D eigenvalue weighted by Gasteiger charge is 2.72. The fourth-order valence-corrected chi connectivity index (χ4v) is 7.43. The second kappa shape index (κ2) is 11.5. The molecule has 2 saturated heterocycles. The van der Waals surface area contributed by atoms with Crippen LogP contribution in [0.15, 0.2) is 115 Å². The lowest BCUT2D eigenvalue weighted by atomic mass is 9.77. The second-order valence-electron chi connectivity index (χ2n) is 11.9. The molecule has 0 radical (unpaired) electrons. The molecule has 3 aromatic rings. The number of aliphatic hydroxyl groups is 1. The van der Waals surface area contributed by atoms with Crippen molar-refractivity contribution in [2.45, 2.75) is 36.9 Å². The maximum absolute atomic E-state index is 14.8. The number of hydrogen-bond acceptors (Lipinski definition) is 5. The Labute approximate surface area is 256 Å². The molecule has 4 heterocycles. The van der Waals surface area contributed by atoms with Crippen molar-refractivity contribution >= 4 is 17.7 Å². The van der Waals surface area contributed by atoms with Crippen LogP contribution < -0.4 is 0 Å². The first kappa shape index (κ1) is 28.3. The maximum atomic E-state index is 14.8. The summed E-state index contributed by atoms with van der Waals surface area (Å²) in [5.74, 6) is -2.54. The molecule has 4 aliphatic heterocycles. The van der Waals surface area contributed by atoms with Gasteiger partial charge in [-0.25, -0.2) is 0 Å². The Balaban J connectivity index is 1.31. The summed E-state index contributed by atoms with van der Waals surface area (Å²) in [5, 5.41) is 10.7. The van der Waals surface area contributed by atoms with Crippen LogP contribution in [0.25, 0.3) is 0 Å². The fraction of sp³-hybridized carbons (Fsp3) is 0.306. The number of amides is 3. The molecule has 0 aliphatic carbocycles. The quantitative estimate of drug-likeness (QED) is 0.426. The minimum atomic E-state index is -1.37. The third kappa shape index (κ3) is 4.66. The van der Waals surface area contributed by atoms with Gasteiger partial charge in [0.1, 0.15) is 11.6 Å². The van der Waals surface area contributed by atoms with E-state index in [4.69, 9.17) is 4.74 Å². The number of rotatable bonds is 7. The molecule has 8 nitrogen and oxygen atoms in total. The normalized spacial score (nSPS) is 28.4. The van der Waals surface area contributed by atoms with Gasteiger partial charge in [-0.3, -0.25) is 14.4 Å². The van der Waals surface area contributed by atoms with Gasteiger partial charge in [0.2, 0.25) is 17.7 Å². The van der Waals surface area contributed by atoms with E-state index in [1.807, 2.05) is 115 Å².